The first-order valence-corrected chi connectivity index (χ1v) is 18.6. The summed E-state index contributed by atoms with van der Waals surface area (Å²) in [4.78, 5) is 25.6. The molecule has 0 radical (unpaired) electrons. The minimum atomic E-state index is -0.0734. The van der Waals surface area contributed by atoms with Crippen molar-refractivity contribution in [2.45, 2.75) is 13.0 Å². The van der Waals surface area contributed by atoms with E-state index in [2.05, 4.69) is 151 Å². The van der Waals surface area contributed by atoms with Gasteiger partial charge in [0.05, 0.1) is 45.9 Å². The van der Waals surface area contributed by atoms with Gasteiger partial charge in [0.25, 0.3) is 0 Å². The Bertz CT molecular complexity index is 2640. The van der Waals surface area contributed by atoms with E-state index >= 15 is 0 Å². The van der Waals surface area contributed by atoms with Crippen LogP contribution in [-0.4, -0.2) is 26.2 Å². The van der Waals surface area contributed by atoms with Crippen LogP contribution in [0.1, 0.15) is 18.7 Å². The quantitative estimate of drug-likeness (QED) is 0.158. The summed E-state index contributed by atoms with van der Waals surface area (Å²) in [5, 5.41) is 0. The number of dihydropyridines is 1. The fraction of sp³-hybridized carbons (Fsp3) is 0.0600. The highest BCUT2D eigenvalue weighted by Crippen LogP contribution is 2.39. The van der Waals surface area contributed by atoms with E-state index in [-0.39, 0.29) is 12.0 Å². The van der Waals surface area contributed by atoms with Gasteiger partial charge >= 0.3 is 0 Å². The number of nitrogens with zero attached hydrogens (tertiary/aromatic N) is 5. The molecular formula is C50H37N5. The molecule has 4 heterocycles. The first-order valence-electron chi connectivity index (χ1n) is 18.6. The summed E-state index contributed by atoms with van der Waals surface area (Å²) < 4.78 is 0. The molecule has 0 saturated heterocycles. The number of aliphatic imine (C=N–C) groups is 1. The number of hydrogen-bond acceptors (Lipinski definition) is 5. The van der Waals surface area contributed by atoms with Crippen molar-refractivity contribution >= 4 is 6.21 Å². The lowest BCUT2D eigenvalue weighted by atomic mass is 9.93. The summed E-state index contributed by atoms with van der Waals surface area (Å²) in [6, 6.07) is 58.5. The first-order chi connectivity index (χ1) is 27.2. The van der Waals surface area contributed by atoms with Gasteiger partial charge in [-0.3, -0.25) is 9.98 Å². The average molecular weight is 708 g/mol. The Hall–Kier alpha value is -7.11. The van der Waals surface area contributed by atoms with Crippen LogP contribution in [0.4, 0.5) is 0 Å². The summed E-state index contributed by atoms with van der Waals surface area (Å²) in [6.45, 7) is 2.18. The molecule has 5 heteroatoms. The second-order valence-electron chi connectivity index (χ2n) is 13.7. The lowest BCUT2D eigenvalue weighted by molar-refractivity contribution is 0.553. The van der Waals surface area contributed by atoms with Crippen LogP contribution in [0.15, 0.2) is 193 Å². The van der Waals surface area contributed by atoms with Crippen LogP contribution < -0.4 is 0 Å². The monoisotopic (exact) mass is 707 g/mol. The highest BCUT2D eigenvalue weighted by atomic mass is 14.9. The first kappa shape index (κ1) is 33.7. The zero-order chi connectivity index (χ0) is 37.0. The SMILES string of the molecule is CC1C=CC=NC1c1cc(-c2ccc(-c3nc(-c4ccccc4)c(-c4ccccc4)nc3-c3cccc(-c4ccccc4)c3)cc2)cc(-c2ccccn2)n1. The molecule has 0 bridgehead atoms. The van der Waals surface area contributed by atoms with E-state index in [0.717, 1.165) is 84.4 Å². The fourth-order valence-electron chi connectivity index (χ4n) is 7.20. The standard InChI is InChI=1S/C50H37N5/c1-34-15-14-30-52-46(34)45-33-42(32-44(53-45)43-24-11-12-29-51-43)36-25-27-39(28-26-36)49-50(41-23-13-22-40(31-41)35-16-5-2-6-17-35)55-48(38-20-9-4-10-21-38)47(54-49)37-18-7-3-8-19-37/h2-34,46H,1H3. The molecule has 2 atom stereocenters. The Morgan fingerprint density at radius 2 is 0.927 bits per heavy atom. The van der Waals surface area contributed by atoms with Gasteiger partial charge in [-0.25, -0.2) is 15.0 Å². The minimum Gasteiger partial charge on any atom is -0.283 e. The predicted molar refractivity (Wildman–Crippen MR) is 225 cm³/mol. The van der Waals surface area contributed by atoms with Crippen LogP contribution in [0.25, 0.3) is 78.7 Å². The summed E-state index contributed by atoms with van der Waals surface area (Å²) in [6.07, 6.45) is 7.87. The maximum Gasteiger partial charge on any atom is 0.0979 e. The maximum atomic E-state index is 5.51. The van der Waals surface area contributed by atoms with Gasteiger partial charge < -0.3 is 0 Å². The fourth-order valence-corrected chi connectivity index (χ4v) is 7.20. The second kappa shape index (κ2) is 15.1. The van der Waals surface area contributed by atoms with Crippen LogP contribution in [0.3, 0.4) is 0 Å². The number of aromatic nitrogens is 4. The van der Waals surface area contributed by atoms with Crippen molar-refractivity contribution in [1.82, 2.24) is 19.9 Å². The lowest BCUT2D eigenvalue weighted by Crippen LogP contribution is -2.11. The number of benzene rings is 5. The molecule has 0 fully saturated rings. The van der Waals surface area contributed by atoms with Crippen LogP contribution in [0.2, 0.25) is 0 Å². The van der Waals surface area contributed by atoms with Gasteiger partial charge in [-0.1, -0.05) is 153 Å². The van der Waals surface area contributed by atoms with Crippen molar-refractivity contribution in [3.8, 4) is 78.7 Å². The van der Waals surface area contributed by atoms with Gasteiger partial charge in [0.1, 0.15) is 0 Å². The van der Waals surface area contributed by atoms with Crippen LogP contribution >= 0.6 is 0 Å². The molecule has 55 heavy (non-hydrogen) atoms. The van der Waals surface area contributed by atoms with E-state index in [9.17, 15) is 0 Å². The third-order valence-corrected chi connectivity index (χ3v) is 10.0. The van der Waals surface area contributed by atoms with E-state index in [4.69, 9.17) is 19.9 Å². The van der Waals surface area contributed by atoms with Gasteiger partial charge in [0, 0.05) is 40.6 Å². The van der Waals surface area contributed by atoms with Crippen molar-refractivity contribution in [1.29, 1.82) is 0 Å². The lowest BCUT2D eigenvalue weighted by Gasteiger charge is -2.21. The van der Waals surface area contributed by atoms with E-state index in [1.807, 2.05) is 54.9 Å². The summed E-state index contributed by atoms with van der Waals surface area (Å²) in [5.41, 5.74) is 14.3. The summed E-state index contributed by atoms with van der Waals surface area (Å²) in [7, 11) is 0. The smallest absolute Gasteiger partial charge is 0.0979 e. The molecule has 1 aliphatic rings. The van der Waals surface area contributed by atoms with E-state index < -0.39 is 0 Å². The van der Waals surface area contributed by atoms with Crippen molar-refractivity contribution in [3.63, 3.8) is 0 Å². The molecule has 9 rings (SSSR count). The molecular weight excluding hydrogens is 671 g/mol. The molecule has 8 aromatic rings. The van der Waals surface area contributed by atoms with Crippen LogP contribution in [0.5, 0.6) is 0 Å². The largest absolute Gasteiger partial charge is 0.283 e. The molecule has 5 aromatic carbocycles. The van der Waals surface area contributed by atoms with Gasteiger partial charge in [-0.05, 0) is 58.7 Å². The molecule has 1 aliphatic heterocycles. The van der Waals surface area contributed by atoms with Crippen molar-refractivity contribution < 1.29 is 0 Å². The number of hydrogen-bond donors (Lipinski definition) is 0. The normalized spacial score (nSPS) is 14.9. The highest BCUT2D eigenvalue weighted by Gasteiger charge is 2.23. The predicted octanol–water partition coefficient (Wildman–Crippen LogP) is 12.3. The van der Waals surface area contributed by atoms with Crippen LogP contribution in [-0.2, 0) is 0 Å². The molecule has 0 saturated carbocycles. The Kier molecular flexibility index (Phi) is 9.25. The molecule has 2 unspecified atom stereocenters. The Morgan fingerprint density at radius 3 is 1.55 bits per heavy atom. The molecule has 5 nitrogen and oxygen atoms in total. The molecule has 0 amide bonds. The molecule has 0 aliphatic carbocycles. The van der Waals surface area contributed by atoms with E-state index in [1.165, 1.54) is 0 Å². The molecule has 3 aromatic heterocycles. The van der Waals surface area contributed by atoms with E-state index in [1.54, 1.807) is 0 Å². The van der Waals surface area contributed by atoms with E-state index in [0.29, 0.717) is 0 Å². The second-order valence-corrected chi connectivity index (χ2v) is 13.7. The van der Waals surface area contributed by atoms with Gasteiger partial charge in [-0.15, -0.1) is 0 Å². The average Bonchev–Trinajstić information content (AvgIpc) is 3.27. The van der Waals surface area contributed by atoms with Crippen LogP contribution in [0, 0.1) is 5.92 Å². The molecule has 0 N–H and O–H groups in total. The Labute approximate surface area is 321 Å². The highest BCUT2D eigenvalue weighted by molar-refractivity contribution is 5.88. The number of pyridine rings is 2. The van der Waals surface area contributed by atoms with Gasteiger partial charge in [0.15, 0.2) is 0 Å². The topological polar surface area (TPSA) is 63.9 Å². The number of allylic oxidation sites excluding steroid dienone is 1. The van der Waals surface area contributed by atoms with Crippen molar-refractivity contribution in [2.24, 2.45) is 10.9 Å². The number of rotatable bonds is 8. The van der Waals surface area contributed by atoms with Gasteiger partial charge in [-0.2, -0.15) is 0 Å². The van der Waals surface area contributed by atoms with Crippen molar-refractivity contribution in [2.75, 3.05) is 0 Å². The summed E-state index contributed by atoms with van der Waals surface area (Å²) >= 11 is 0. The maximum absolute atomic E-state index is 5.51. The third-order valence-electron chi connectivity index (χ3n) is 10.0. The Balaban J connectivity index is 1.21. The zero-order valence-electron chi connectivity index (χ0n) is 30.4. The summed E-state index contributed by atoms with van der Waals surface area (Å²) in [5.74, 6) is 0.224. The third kappa shape index (κ3) is 7.04. The van der Waals surface area contributed by atoms with Gasteiger partial charge in [0.2, 0.25) is 0 Å². The zero-order valence-corrected chi connectivity index (χ0v) is 30.4. The van der Waals surface area contributed by atoms with Crippen molar-refractivity contribution in [3.05, 3.63) is 194 Å². The molecule has 262 valence electrons. The Morgan fingerprint density at radius 1 is 0.400 bits per heavy atom. The minimum absolute atomic E-state index is 0.0734. The molecule has 0 spiro atoms.